The van der Waals surface area contributed by atoms with E-state index in [1.165, 1.54) is 0 Å². The lowest BCUT2D eigenvalue weighted by molar-refractivity contribution is 0.0523. The minimum Gasteiger partial charge on any atom is -0.493 e. The maximum atomic E-state index is 13.3. The van der Waals surface area contributed by atoms with Crippen molar-refractivity contribution in [2.75, 3.05) is 6.61 Å². The van der Waals surface area contributed by atoms with Crippen molar-refractivity contribution in [3.05, 3.63) is 56.8 Å². The number of fused-ring (bicyclic) bond motifs is 1. The second-order valence-corrected chi connectivity index (χ2v) is 12.6. The van der Waals surface area contributed by atoms with Gasteiger partial charge >= 0.3 is 6.09 Å². The summed E-state index contributed by atoms with van der Waals surface area (Å²) in [7, 11) is 1.92. The molecule has 0 unspecified atom stereocenters. The van der Waals surface area contributed by atoms with Gasteiger partial charge < -0.3 is 24.7 Å². The van der Waals surface area contributed by atoms with E-state index >= 15 is 0 Å². The summed E-state index contributed by atoms with van der Waals surface area (Å²) in [5, 5.41) is 6.91. The van der Waals surface area contributed by atoms with Crippen molar-refractivity contribution < 1.29 is 19.1 Å². The Balaban J connectivity index is 1.59. The number of halogens is 2. The predicted molar refractivity (Wildman–Crippen MR) is 163 cm³/mol. The predicted octanol–water partition coefficient (Wildman–Crippen LogP) is 7.20. The topological polar surface area (TPSA) is 94.5 Å². The largest absolute Gasteiger partial charge is 0.493 e. The van der Waals surface area contributed by atoms with Crippen molar-refractivity contribution in [2.45, 2.75) is 84.9 Å². The molecule has 2 aromatic carbocycles. The fraction of sp³-hybridized carbons (Fsp3) is 0.516. The molecule has 0 saturated heterocycles. The number of alkyl carbamates (subject to hydrolysis) is 1. The third-order valence-electron chi connectivity index (χ3n) is 7.39. The van der Waals surface area contributed by atoms with Gasteiger partial charge in [0.1, 0.15) is 17.2 Å². The minimum atomic E-state index is -0.601. The first-order valence-corrected chi connectivity index (χ1v) is 15.0. The minimum absolute atomic E-state index is 0.140. The molecule has 0 atom stereocenters. The first-order chi connectivity index (χ1) is 19.4. The molecule has 1 heterocycles. The first-order valence-electron chi connectivity index (χ1n) is 14.2. The van der Waals surface area contributed by atoms with Crippen molar-refractivity contribution in [3.8, 4) is 5.75 Å². The zero-order valence-electron chi connectivity index (χ0n) is 24.7. The summed E-state index contributed by atoms with van der Waals surface area (Å²) in [6.07, 6.45) is 4.05. The third kappa shape index (κ3) is 7.66. The molecule has 4 rings (SSSR count). The Hall–Kier alpha value is -2.97. The first kappa shape index (κ1) is 31.0. The molecule has 41 heavy (non-hydrogen) atoms. The SMILES string of the molecule is CCOc1cc2c(cc1C(=O)NC1CCC(C)CC1)nc(Cc1c(Cl)ccc(CNC(=O)OC(C)(C)C)c1Cl)n2C. The maximum absolute atomic E-state index is 13.3. The lowest BCUT2D eigenvalue weighted by Gasteiger charge is -2.27. The summed E-state index contributed by atoms with van der Waals surface area (Å²) in [5.74, 6) is 1.82. The number of amides is 2. The summed E-state index contributed by atoms with van der Waals surface area (Å²) in [4.78, 5) is 30.3. The van der Waals surface area contributed by atoms with Gasteiger partial charge in [0.05, 0.1) is 28.2 Å². The number of nitrogens with zero attached hydrogens (tertiary/aromatic N) is 2. The Kier molecular flexibility index (Phi) is 9.75. The summed E-state index contributed by atoms with van der Waals surface area (Å²) in [6.45, 7) is 10.2. The Bertz CT molecular complexity index is 1420. The van der Waals surface area contributed by atoms with Gasteiger partial charge in [0.15, 0.2) is 0 Å². The van der Waals surface area contributed by atoms with Crippen LogP contribution >= 0.6 is 23.2 Å². The summed E-state index contributed by atoms with van der Waals surface area (Å²) in [5.41, 5.74) is 2.81. The van der Waals surface area contributed by atoms with E-state index in [2.05, 4.69) is 17.6 Å². The summed E-state index contributed by atoms with van der Waals surface area (Å²) < 4.78 is 13.2. The summed E-state index contributed by atoms with van der Waals surface area (Å²) >= 11 is 13.4. The molecule has 1 saturated carbocycles. The van der Waals surface area contributed by atoms with Crippen LogP contribution in [0.3, 0.4) is 0 Å². The van der Waals surface area contributed by atoms with E-state index in [4.69, 9.17) is 37.7 Å². The standard InChI is InChI=1S/C31H40Cl2N4O4/c1-7-40-26-16-25-24(14-22(26)29(38)35-20-11-8-18(2)9-12-20)36-27(37(25)6)15-21-23(32)13-10-19(28(21)33)17-34-30(39)41-31(3,4)5/h10,13-14,16,18,20H,7-9,11-12,15,17H2,1-6H3,(H,34,39)(H,35,38). The van der Waals surface area contributed by atoms with Crippen LogP contribution in [-0.2, 0) is 24.8 Å². The lowest BCUT2D eigenvalue weighted by Crippen LogP contribution is -2.37. The fourth-order valence-corrected chi connectivity index (χ4v) is 5.70. The highest BCUT2D eigenvalue weighted by Crippen LogP contribution is 2.33. The van der Waals surface area contributed by atoms with Crippen LogP contribution in [0.2, 0.25) is 10.0 Å². The van der Waals surface area contributed by atoms with E-state index < -0.39 is 11.7 Å². The summed E-state index contributed by atoms with van der Waals surface area (Å²) in [6, 6.07) is 7.39. The Labute approximate surface area is 252 Å². The van der Waals surface area contributed by atoms with Gasteiger partial charge in [-0.15, -0.1) is 0 Å². The van der Waals surface area contributed by atoms with Crippen LogP contribution in [0.5, 0.6) is 5.75 Å². The Morgan fingerprint density at radius 1 is 1.12 bits per heavy atom. The molecule has 222 valence electrons. The fourth-order valence-electron chi connectivity index (χ4n) is 5.13. The average molecular weight is 604 g/mol. The van der Waals surface area contributed by atoms with Crippen molar-refractivity contribution in [3.63, 3.8) is 0 Å². The van der Waals surface area contributed by atoms with Crippen LogP contribution in [0.1, 0.15) is 87.6 Å². The van der Waals surface area contributed by atoms with Crippen LogP contribution in [-0.4, -0.2) is 39.8 Å². The highest BCUT2D eigenvalue weighted by atomic mass is 35.5. The van der Waals surface area contributed by atoms with Crippen LogP contribution in [0.15, 0.2) is 24.3 Å². The molecule has 1 aliphatic carbocycles. The van der Waals surface area contributed by atoms with Gasteiger partial charge in [0, 0.05) is 37.1 Å². The number of hydrogen-bond donors (Lipinski definition) is 2. The molecular weight excluding hydrogens is 563 g/mol. The molecule has 8 nitrogen and oxygen atoms in total. The number of rotatable bonds is 8. The van der Waals surface area contributed by atoms with Gasteiger partial charge in [0.25, 0.3) is 5.91 Å². The molecule has 1 aliphatic rings. The lowest BCUT2D eigenvalue weighted by atomic mass is 9.87. The van der Waals surface area contributed by atoms with Gasteiger partial charge in [-0.25, -0.2) is 9.78 Å². The molecule has 2 N–H and O–H groups in total. The maximum Gasteiger partial charge on any atom is 0.407 e. The number of nitrogens with one attached hydrogen (secondary N) is 2. The van der Waals surface area contributed by atoms with Gasteiger partial charge in [0.2, 0.25) is 0 Å². The van der Waals surface area contributed by atoms with Crippen molar-refractivity contribution in [1.82, 2.24) is 20.2 Å². The van der Waals surface area contributed by atoms with Gasteiger partial charge in [-0.2, -0.15) is 0 Å². The molecule has 0 bridgehead atoms. The zero-order valence-corrected chi connectivity index (χ0v) is 26.2. The Morgan fingerprint density at radius 3 is 2.49 bits per heavy atom. The molecule has 1 aromatic heterocycles. The second-order valence-electron chi connectivity index (χ2n) is 11.8. The number of carbonyl (C=O) groups excluding carboxylic acids is 2. The number of hydrogen-bond acceptors (Lipinski definition) is 5. The number of aryl methyl sites for hydroxylation is 1. The number of ether oxygens (including phenoxy) is 2. The van der Waals surface area contributed by atoms with E-state index in [0.29, 0.717) is 56.9 Å². The van der Waals surface area contributed by atoms with E-state index in [1.54, 1.807) is 39.0 Å². The van der Waals surface area contributed by atoms with Gasteiger partial charge in [-0.1, -0.05) is 36.2 Å². The molecule has 0 radical (unpaired) electrons. The zero-order chi connectivity index (χ0) is 29.9. The van der Waals surface area contributed by atoms with Crippen molar-refractivity contribution in [2.24, 2.45) is 13.0 Å². The molecule has 1 fully saturated rings. The van der Waals surface area contributed by atoms with Gasteiger partial charge in [-0.05, 0) is 82.6 Å². The van der Waals surface area contributed by atoms with Crippen molar-refractivity contribution >= 4 is 46.2 Å². The van der Waals surface area contributed by atoms with Crippen LogP contribution in [0, 0.1) is 5.92 Å². The third-order valence-corrected chi connectivity index (χ3v) is 8.22. The molecule has 10 heteroatoms. The molecule has 0 spiro atoms. The average Bonchev–Trinajstić information content (AvgIpc) is 3.20. The monoisotopic (exact) mass is 602 g/mol. The highest BCUT2D eigenvalue weighted by Gasteiger charge is 2.24. The van der Waals surface area contributed by atoms with E-state index in [0.717, 1.165) is 37.0 Å². The van der Waals surface area contributed by atoms with Crippen LogP contribution < -0.4 is 15.4 Å². The quantitative estimate of drug-likeness (QED) is 0.284. The smallest absolute Gasteiger partial charge is 0.407 e. The second kappa shape index (κ2) is 12.9. The van der Waals surface area contributed by atoms with Crippen LogP contribution in [0.25, 0.3) is 11.0 Å². The van der Waals surface area contributed by atoms with E-state index in [9.17, 15) is 9.59 Å². The normalized spacial score (nSPS) is 17.4. The van der Waals surface area contributed by atoms with E-state index in [-0.39, 0.29) is 18.5 Å². The van der Waals surface area contributed by atoms with Gasteiger partial charge in [-0.3, -0.25) is 4.79 Å². The molecule has 0 aliphatic heterocycles. The number of aromatic nitrogens is 2. The van der Waals surface area contributed by atoms with Crippen molar-refractivity contribution in [1.29, 1.82) is 0 Å². The molecular formula is C31H40Cl2N4O4. The number of carbonyl (C=O) groups is 2. The highest BCUT2D eigenvalue weighted by molar-refractivity contribution is 6.36. The van der Waals surface area contributed by atoms with E-state index in [1.807, 2.05) is 24.6 Å². The molecule has 2 amide bonds. The number of imidazole rings is 1. The Morgan fingerprint density at radius 2 is 1.83 bits per heavy atom. The molecule has 3 aromatic rings. The number of benzene rings is 2. The van der Waals surface area contributed by atoms with Crippen LogP contribution in [0.4, 0.5) is 4.79 Å².